The molecule has 3 nitrogen and oxygen atoms in total. The number of rotatable bonds is 6. The number of hydrogen-bond acceptors (Lipinski definition) is 3. The van der Waals surface area contributed by atoms with Crippen LogP contribution in [0.3, 0.4) is 0 Å². The highest BCUT2D eigenvalue weighted by Crippen LogP contribution is 2.28. The molecule has 0 aliphatic rings. The molecule has 0 radical (unpaired) electrons. The Hall–Kier alpha value is -1.73. The van der Waals surface area contributed by atoms with Crippen LogP contribution in [0.4, 0.5) is 0 Å². The van der Waals surface area contributed by atoms with Crippen LogP contribution in [-0.2, 0) is 6.42 Å². The van der Waals surface area contributed by atoms with Gasteiger partial charge in [0.15, 0.2) is 11.5 Å². The molecule has 102 valence electrons. The van der Waals surface area contributed by atoms with Crippen LogP contribution in [0.25, 0.3) is 0 Å². The van der Waals surface area contributed by atoms with Crippen LogP contribution < -0.4 is 14.8 Å². The summed E-state index contributed by atoms with van der Waals surface area (Å²) in [5, 5.41) is 2.97. The summed E-state index contributed by atoms with van der Waals surface area (Å²) in [6.45, 7) is 2.16. The Kier molecular flexibility index (Phi) is 6.76. The monoisotopic (exact) mass is 277 g/mol. The molecule has 0 aliphatic heterocycles. The standard InChI is InChI=1S/C15H19NO2S/c1-4-5-10-18-13-8-6-12(11-14(13)17-3)7-9-15(19)16-2/h6,8,11H,7,9-10H2,1-3H3,(H,16,19). The number of nitrogens with one attached hydrogen (secondary N) is 1. The molecule has 4 heteroatoms. The van der Waals surface area contributed by atoms with E-state index in [9.17, 15) is 0 Å². The fraction of sp³-hybridized carbons (Fsp3) is 0.400. The SMILES string of the molecule is CC#CCOc1ccc(CCC(=S)NC)cc1OC. The van der Waals surface area contributed by atoms with Crippen LogP contribution >= 0.6 is 12.2 Å². The molecule has 0 bridgehead atoms. The second kappa shape index (κ2) is 8.39. The number of hydrogen-bond donors (Lipinski definition) is 1. The van der Waals surface area contributed by atoms with Gasteiger partial charge in [0.2, 0.25) is 0 Å². The lowest BCUT2D eigenvalue weighted by molar-refractivity contribution is 0.330. The minimum Gasteiger partial charge on any atom is -0.493 e. The van der Waals surface area contributed by atoms with Gasteiger partial charge in [-0.1, -0.05) is 24.2 Å². The van der Waals surface area contributed by atoms with E-state index >= 15 is 0 Å². The molecule has 1 aromatic rings. The number of ether oxygens (including phenoxy) is 2. The molecule has 0 aromatic heterocycles. The molecule has 0 spiro atoms. The first-order valence-electron chi connectivity index (χ1n) is 6.11. The third kappa shape index (κ3) is 5.19. The first-order valence-corrected chi connectivity index (χ1v) is 6.52. The average Bonchev–Trinajstić information content (AvgIpc) is 2.45. The second-order valence-corrected chi connectivity index (χ2v) is 4.37. The Morgan fingerprint density at radius 3 is 2.79 bits per heavy atom. The maximum atomic E-state index is 5.53. The highest BCUT2D eigenvalue weighted by Gasteiger charge is 2.06. The Labute approximate surface area is 120 Å². The van der Waals surface area contributed by atoms with E-state index in [0.29, 0.717) is 12.4 Å². The zero-order chi connectivity index (χ0) is 14.1. The quantitative estimate of drug-likeness (QED) is 0.639. The number of thiocarbonyl (C=S) groups is 1. The highest BCUT2D eigenvalue weighted by atomic mass is 32.1. The highest BCUT2D eigenvalue weighted by molar-refractivity contribution is 7.80. The minimum absolute atomic E-state index is 0.371. The molecule has 0 atom stereocenters. The van der Waals surface area contributed by atoms with E-state index < -0.39 is 0 Å². The van der Waals surface area contributed by atoms with Gasteiger partial charge >= 0.3 is 0 Å². The van der Waals surface area contributed by atoms with Gasteiger partial charge in [-0.2, -0.15) is 0 Å². The zero-order valence-electron chi connectivity index (χ0n) is 11.6. The van der Waals surface area contributed by atoms with E-state index in [0.717, 1.165) is 23.6 Å². The molecule has 0 fully saturated rings. The summed E-state index contributed by atoms with van der Waals surface area (Å²) >= 11 is 5.13. The maximum absolute atomic E-state index is 5.53. The summed E-state index contributed by atoms with van der Waals surface area (Å²) in [6.07, 6.45) is 1.71. The topological polar surface area (TPSA) is 30.5 Å². The fourth-order valence-electron chi connectivity index (χ4n) is 1.56. The van der Waals surface area contributed by atoms with Gasteiger partial charge in [0.25, 0.3) is 0 Å². The van der Waals surface area contributed by atoms with Gasteiger partial charge in [-0.15, -0.1) is 5.92 Å². The summed E-state index contributed by atoms with van der Waals surface area (Å²) in [5.74, 6) is 7.09. The fourth-order valence-corrected chi connectivity index (χ4v) is 1.66. The van der Waals surface area contributed by atoms with Crippen molar-refractivity contribution in [1.82, 2.24) is 5.32 Å². The Balaban J connectivity index is 2.70. The van der Waals surface area contributed by atoms with Crippen molar-refractivity contribution in [2.45, 2.75) is 19.8 Å². The van der Waals surface area contributed by atoms with Crippen LogP contribution in [0.1, 0.15) is 18.9 Å². The van der Waals surface area contributed by atoms with E-state index in [4.69, 9.17) is 21.7 Å². The predicted octanol–water partition coefficient (Wildman–Crippen LogP) is 2.58. The summed E-state index contributed by atoms with van der Waals surface area (Å²) in [4.78, 5) is 0.859. The van der Waals surface area contributed by atoms with E-state index in [1.54, 1.807) is 14.0 Å². The first kappa shape index (κ1) is 15.3. The zero-order valence-corrected chi connectivity index (χ0v) is 12.4. The number of benzene rings is 1. The third-order valence-electron chi connectivity index (χ3n) is 2.62. The van der Waals surface area contributed by atoms with Crippen molar-refractivity contribution in [2.24, 2.45) is 0 Å². The van der Waals surface area contributed by atoms with Gasteiger partial charge in [0, 0.05) is 13.5 Å². The largest absolute Gasteiger partial charge is 0.493 e. The Bertz CT molecular complexity index is 489. The van der Waals surface area contributed by atoms with Crippen LogP contribution in [0.5, 0.6) is 11.5 Å². The first-order chi connectivity index (χ1) is 9.21. The van der Waals surface area contributed by atoms with Crippen molar-refractivity contribution in [3.05, 3.63) is 23.8 Å². The van der Waals surface area contributed by atoms with Gasteiger partial charge in [0.1, 0.15) is 6.61 Å². The number of methoxy groups -OCH3 is 1. The Morgan fingerprint density at radius 2 is 2.16 bits per heavy atom. The van der Waals surface area contributed by atoms with Crippen molar-refractivity contribution < 1.29 is 9.47 Å². The normalized spacial score (nSPS) is 9.21. The molecule has 1 aromatic carbocycles. The van der Waals surface area contributed by atoms with Crippen LogP contribution in [0.2, 0.25) is 0 Å². The second-order valence-electron chi connectivity index (χ2n) is 3.87. The van der Waals surface area contributed by atoms with Gasteiger partial charge < -0.3 is 14.8 Å². The molecular weight excluding hydrogens is 258 g/mol. The third-order valence-corrected chi connectivity index (χ3v) is 3.03. The summed E-state index contributed by atoms with van der Waals surface area (Å²) in [6, 6.07) is 5.91. The Morgan fingerprint density at radius 1 is 1.37 bits per heavy atom. The maximum Gasteiger partial charge on any atom is 0.162 e. The minimum atomic E-state index is 0.371. The van der Waals surface area contributed by atoms with Crippen LogP contribution in [-0.4, -0.2) is 25.8 Å². The van der Waals surface area contributed by atoms with Gasteiger partial charge in [-0.25, -0.2) is 0 Å². The smallest absolute Gasteiger partial charge is 0.162 e. The van der Waals surface area contributed by atoms with Crippen LogP contribution in [0, 0.1) is 11.8 Å². The van der Waals surface area contributed by atoms with Crippen molar-refractivity contribution in [2.75, 3.05) is 20.8 Å². The molecule has 0 amide bonds. The van der Waals surface area contributed by atoms with E-state index in [1.807, 2.05) is 25.2 Å². The molecule has 1 rings (SSSR count). The molecule has 0 unspecified atom stereocenters. The van der Waals surface area contributed by atoms with Gasteiger partial charge in [0.05, 0.1) is 12.1 Å². The predicted molar refractivity (Wildman–Crippen MR) is 81.9 cm³/mol. The molecule has 0 heterocycles. The molecule has 0 saturated heterocycles. The van der Waals surface area contributed by atoms with E-state index in [2.05, 4.69) is 17.2 Å². The van der Waals surface area contributed by atoms with Crippen molar-refractivity contribution in [3.8, 4) is 23.3 Å². The summed E-state index contributed by atoms with van der Waals surface area (Å²) < 4.78 is 10.9. The van der Waals surface area contributed by atoms with Crippen molar-refractivity contribution in [1.29, 1.82) is 0 Å². The lowest BCUT2D eigenvalue weighted by atomic mass is 10.1. The van der Waals surface area contributed by atoms with E-state index in [-0.39, 0.29) is 0 Å². The van der Waals surface area contributed by atoms with Crippen molar-refractivity contribution >= 4 is 17.2 Å². The lowest BCUT2D eigenvalue weighted by Crippen LogP contribution is -2.15. The molecule has 0 aliphatic carbocycles. The van der Waals surface area contributed by atoms with Gasteiger partial charge in [-0.3, -0.25) is 0 Å². The lowest BCUT2D eigenvalue weighted by Gasteiger charge is -2.11. The molecule has 19 heavy (non-hydrogen) atoms. The van der Waals surface area contributed by atoms with Gasteiger partial charge in [-0.05, 0) is 31.0 Å². The average molecular weight is 277 g/mol. The molecule has 1 N–H and O–H groups in total. The van der Waals surface area contributed by atoms with Crippen LogP contribution in [0.15, 0.2) is 18.2 Å². The summed E-state index contributed by atoms with van der Waals surface area (Å²) in [5.41, 5.74) is 1.17. The summed E-state index contributed by atoms with van der Waals surface area (Å²) in [7, 11) is 3.48. The van der Waals surface area contributed by atoms with Crippen molar-refractivity contribution in [3.63, 3.8) is 0 Å². The van der Waals surface area contributed by atoms with E-state index in [1.165, 1.54) is 5.56 Å². The number of aryl methyl sites for hydroxylation is 1. The molecular formula is C15H19NO2S. The molecule has 0 saturated carbocycles.